The number of ether oxygens (including phenoxy) is 1. The Balaban J connectivity index is 2.17. The molecule has 0 spiro atoms. The van der Waals surface area contributed by atoms with Gasteiger partial charge in [-0.25, -0.2) is 0 Å². The van der Waals surface area contributed by atoms with Crippen molar-refractivity contribution in [1.82, 2.24) is 9.88 Å². The third-order valence-corrected chi connectivity index (χ3v) is 3.06. The first-order chi connectivity index (χ1) is 8.63. The van der Waals surface area contributed by atoms with E-state index in [4.69, 9.17) is 4.74 Å². The van der Waals surface area contributed by atoms with Crippen LogP contribution in [0.25, 0.3) is 0 Å². The summed E-state index contributed by atoms with van der Waals surface area (Å²) in [5.41, 5.74) is 0. The molecule has 18 heavy (non-hydrogen) atoms. The van der Waals surface area contributed by atoms with Gasteiger partial charge in [-0.1, -0.05) is 6.07 Å². The van der Waals surface area contributed by atoms with Crippen LogP contribution in [-0.4, -0.2) is 43.2 Å². The fourth-order valence-electron chi connectivity index (χ4n) is 1.59. The fraction of sp³-hybridized carbons (Fsp3) is 0.643. The van der Waals surface area contributed by atoms with E-state index in [1.807, 2.05) is 18.2 Å². The number of unbranched alkanes of at least 4 members (excludes halogenated alkanes) is 1. The number of hydrogen-bond donors (Lipinski definition) is 1. The number of nitrogens with one attached hydrogen (secondary N) is 1. The van der Waals surface area contributed by atoms with E-state index >= 15 is 0 Å². The van der Waals surface area contributed by atoms with Crippen molar-refractivity contribution < 1.29 is 4.74 Å². The lowest BCUT2D eigenvalue weighted by Crippen LogP contribution is -2.27. The first-order valence-electron chi connectivity index (χ1n) is 6.58. The van der Waals surface area contributed by atoms with Crippen molar-refractivity contribution in [3.63, 3.8) is 0 Å². The fourth-order valence-corrected chi connectivity index (χ4v) is 1.59. The number of rotatable bonds is 8. The highest BCUT2D eigenvalue weighted by atomic mass is 16.5. The van der Waals surface area contributed by atoms with E-state index in [1.165, 1.54) is 6.42 Å². The maximum Gasteiger partial charge on any atom is 0.214 e. The van der Waals surface area contributed by atoms with Crippen molar-refractivity contribution in [2.24, 2.45) is 0 Å². The second-order valence-electron chi connectivity index (χ2n) is 4.77. The molecule has 1 heterocycles. The lowest BCUT2D eigenvalue weighted by Gasteiger charge is -2.20. The first-order valence-corrected chi connectivity index (χ1v) is 6.58. The molecular formula is C14H25N3O. The van der Waals surface area contributed by atoms with Gasteiger partial charge in [0.05, 0.1) is 7.11 Å². The number of aromatic nitrogens is 1. The normalized spacial score (nSPS) is 11.0. The Morgan fingerprint density at radius 2 is 2.11 bits per heavy atom. The zero-order valence-electron chi connectivity index (χ0n) is 11.9. The summed E-state index contributed by atoms with van der Waals surface area (Å²) in [4.78, 5) is 6.67. The smallest absolute Gasteiger partial charge is 0.214 e. The van der Waals surface area contributed by atoms with Crippen LogP contribution in [0.1, 0.15) is 26.7 Å². The van der Waals surface area contributed by atoms with Gasteiger partial charge in [0.25, 0.3) is 0 Å². The van der Waals surface area contributed by atoms with Gasteiger partial charge in [0.2, 0.25) is 5.88 Å². The predicted octanol–water partition coefficient (Wildman–Crippen LogP) is 2.62. The Bertz CT molecular complexity index is 342. The van der Waals surface area contributed by atoms with Crippen LogP contribution in [0, 0.1) is 0 Å². The van der Waals surface area contributed by atoms with Crippen molar-refractivity contribution >= 4 is 5.82 Å². The molecule has 0 atom stereocenters. The molecule has 0 aromatic carbocycles. The summed E-state index contributed by atoms with van der Waals surface area (Å²) in [5.74, 6) is 1.53. The van der Waals surface area contributed by atoms with E-state index in [2.05, 4.69) is 36.1 Å². The van der Waals surface area contributed by atoms with E-state index in [0.29, 0.717) is 11.9 Å². The van der Waals surface area contributed by atoms with Crippen LogP contribution in [-0.2, 0) is 0 Å². The number of methoxy groups -OCH3 is 1. The molecule has 0 aliphatic rings. The van der Waals surface area contributed by atoms with Crippen molar-refractivity contribution in [2.45, 2.75) is 32.7 Å². The minimum atomic E-state index is 0.623. The SMILES string of the molecule is COc1cccc(NCCCCN(C)C(C)C)n1. The molecule has 1 aromatic heterocycles. The van der Waals surface area contributed by atoms with E-state index in [9.17, 15) is 0 Å². The van der Waals surface area contributed by atoms with Gasteiger partial charge in [0, 0.05) is 18.7 Å². The molecule has 0 saturated heterocycles. The van der Waals surface area contributed by atoms with Crippen molar-refractivity contribution in [2.75, 3.05) is 32.6 Å². The minimum absolute atomic E-state index is 0.623. The van der Waals surface area contributed by atoms with Crippen molar-refractivity contribution in [3.05, 3.63) is 18.2 Å². The monoisotopic (exact) mass is 251 g/mol. The molecule has 0 aliphatic carbocycles. The summed E-state index contributed by atoms with van der Waals surface area (Å²) in [6.45, 7) is 6.54. The van der Waals surface area contributed by atoms with Gasteiger partial charge in [0.1, 0.15) is 5.82 Å². The third kappa shape index (κ3) is 5.36. The Morgan fingerprint density at radius 3 is 2.78 bits per heavy atom. The molecule has 4 nitrogen and oxygen atoms in total. The largest absolute Gasteiger partial charge is 0.481 e. The summed E-state index contributed by atoms with van der Waals surface area (Å²) in [6.07, 6.45) is 2.35. The third-order valence-electron chi connectivity index (χ3n) is 3.06. The van der Waals surface area contributed by atoms with Crippen LogP contribution >= 0.6 is 0 Å². The van der Waals surface area contributed by atoms with E-state index < -0.39 is 0 Å². The highest BCUT2D eigenvalue weighted by Gasteiger charge is 2.02. The highest BCUT2D eigenvalue weighted by molar-refractivity contribution is 5.36. The minimum Gasteiger partial charge on any atom is -0.481 e. The molecule has 0 saturated carbocycles. The zero-order chi connectivity index (χ0) is 13.4. The molecule has 1 aromatic rings. The van der Waals surface area contributed by atoms with Crippen LogP contribution in [0.4, 0.5) is 5.82 Å². The summed E-state index contributed by atoms with van der Waals surface area (Å²) >= 11 is 0. The average Bonchev–Trinajstić information content (AvgIpc) is 2.38. The molecule has 1 rings (SSSR count). The van der Waals surface area contributed by atoms with E-state index in [-0.39, 0.29) is 0 Å². The summed E-state index contributed by atoms with van der Waals surface area (Å²) in [6, 6.07) is 6.38. The van der Waals surface area contributed by atoms with Gasteiger partial charge in [0.15, 0.2) is 0 Å². The summed E-state index contributed by atoms with van der Waals surface area (Å²) in [7, 11) is 3.80. The topological polar surface area (TPSA) is 37.4 Å². The lowest BCUT2D eigenvalue weighted by molar-refractivity contribution is 0.269. The van der Waals surface area contributed by atoms with Crippen molar-refractivity contribution in [3.8, 4) is 5.88 Å². The van der Waals surface area contributed by atoms with Crippen LogP contribution < -0.4 is 10.1 Å². The molecule has 0 aliphatic heterocycles. The number of nitrogens with zero attached hydrogens (tertiary/aromatic N) is 2. The number of hydrogen-bond acceptors (Lipinski definition) is 4. The van der Waals surface area contributed by atoms with Crippen molar-refractivity contribution in [1.29, 1.82) is 0 Å². The Morgan fingerprint density at radius 1 is 1.33 bits per heavy atom. The van der Waals surface area contributed by atoms with Gasteiger partial charge < -0.3 is 15.0 Å². The molecule has 0 amide bonds. The maximum absolute atomic E-state index is 5.08. The van der Waals surface area contributed by atoms with Gasteiger partial charge in [-0.15, -0.1) is 0 Å². The summed E-state index contributed by atoms with van der Waals surface area (Å²) < 4.78 is 5.08. The molecule has 0 unspecified atom stereocenters. The van der Waals surface area contributed by atoms with Crippen LogP contribution in [0.5, 0.6) is 5.88 Å². The summed E-state index contributed by atoms with van der Waals surface area (Å²) in [5, 5.41) is 3.31. The second kappa shape index (κ2) is 7.93. The average molecular weight is 251 g/mol. The first kappa shape index (κ1) is 14.8. The molecule has 1 N–H and O–H groups in total. The second-order valence-corrected chi connectivity index (χ2v) is 4.77. The Labute approximate surface area is 110 Å². The molecule has 102 valence electrons. The van der Waals surface area contributed by atoms with Gasteiger partial charge in [-0.3, -0.25) is 0 Å². The van der Waals surface area contributed by atoms with Gasteiger partial charge >= 0.3 is 0 Å². The van der Waals surface area contributed by atoms with Crippen LogP contribution in [0.3, 0.4) is 0 Å². The van der Waals surface area contributed by atoms with Gasteiger partial charge in [-0.2, -0.15) is 4.98 Å². The molecular weight excluding hydrogens is 226 g/mol. The van der Waals surface area contributed by atoms with Gasteiger partial charge in [-0.05, 0) is 46.3 Å². The number of pyridine rings is 1. The van der Waals surface area contributed by atoms with Crippen LogP contribution in [0.2, 0.25) is 0 Å². The van der Waals surface area contributed by atoms with E-state index in [1.54, 1.807) is 7.11 Å². The molecule has 0 radical (unpaired) electrons. The Hall–Kier alpha value is -1.29. The lowest BCUT2D eigenvalue weighted by atomic mass is 10.2. The molecule has 0 fully saturated rings. The molecule has 4 heteroatoms. The Kier molecular flexibility index (Phi) is 6.50. The zero-order valence-corrected chi connectivity index (χ0v) is 11.9. The van der Waals surface area contributed by atoms with E-state index in [0.717, 1.165) is 25.3 Å². The predicted molar refractivity (Wildman–Crippen MR) is 76.3 cm³/mol. The maximum atomic E-state index is 5.08. The number of anilines is 1. The van der Waals surface area contributed by atoms with Crippen LogP contribution in [0.15, 0.2) is 18.2 Å². The quantitative estimate of drug-likeness (QED) is 0.721. The highest BCUT2D eigenvalue weighted by Crippen LogP contribution is 2.10. The standard InChI is InChI=1S/C14H25N3O/c1-12(2)17(3)11-6-5-10-15-13-8-7-9-14(16-13)18-4/h7-9,12H,5-6,10-11H2,1-4H3,(H,15,16). The molecule has 0 bridgehead atoms.